The Morgan fingerprint density at radius 1 is 1.22 bits per heavy atom. The molecule has 0 aliphatic heterocycles. The standard InChI is InChI=1S/C19H34N4O3S/c1-7-23(8-2)27(24,25)12-11-21-19(20-6)22-14-17-10-9-16(5)13-18(17)26-15(3)4/h9-10,13,15H,7-8,11-12,14H2,1-6H3,(H2,20,21,22). The number of ether oxygens (including phenoxy) is 1. The summed E-state index contributed by atoms with van der Waals surface area (Å²) in [5.41, 5.74) is 2.16. The molecule has 2 N–H and O–H groups in total. The number of aliphatic imine (C=N–C) groups is 1. The molecule has 7 nitrogen and oxygen atoms in total. The Hall–Kier alpha value is -1.80. The molecule has 0 saturated heterocycles. The second-order valence-corrected chi connectivity index (χ2v) is 8.62. The number of nitrogens with one attached hydrogen (secondary N) is 2. The number of nitrogens with zero attached hydrogens (tertiary/aromatic N) is 2. The summed E-state index contributed by atoms with van der Waals surface area (Å²) < 4.78 is 31.8. The van der Waals surface area contributed by atoms with E-state index in [4.69, 9.17) is 4.74 Å². The normalized spacial score (nSPS) is 12.5. The van der Waals surface area contributed by atoms with Gasteiger partial charge in [-0.1, -0.05) is 26.0 Å². The molecule has 8 heteroatoms. The Bertz CT molecular complexity index is 714. The lowest BCUT2D eigenvalue weighted by Crippen LogP contribution is -2.41. The van der Waals surface area contributed by atoms with Crippen molar-refractivity contribution in [1.29, 1.82) is 0 Å². The number of sulfonamides is 1. The number of guanidine groups is 1. The van der Waals surface area contributed by atoms with Crippen molar-refractivity contribution < 1.29 is 13.2 Å². The Balaban J connectivity index is 2.63. The maximum Gasteiger partial charge on any atom is 0.215 e. The van der Waals surface area contributed by atoms with Crippen LogP contribution in [0.2, 0.25) is 0 Å². The van der Waals surface area contributed by atoms with E-state index in [1.807, 2.05) is 52.8 Å². The highest BCUT2D eigenvalue weighted by molar-refractivity contribution is 7.89. The summed E-state index contributed by atoms with van der Waals surface area (Å²) in [6, 6.07) is 6.08. The molecule has 0 aromatic heterocycles. The molecule has 0 aliphatic carbocycles. The predicted molar refractivity (Wildman–Crippen MR) is 112 cm³/mol. The summed E-state index contributed by atoms with van der Waals surface area (Å²) in [4.78, 5) is 4.16. The van der Waals surface area contributed by atoms with E-state index in [1.54, 1.807) is 7.05 Å². The summed E-state index contributed by atoms with van der Waals surface area (Å²) in [5.74, 6) is 1.43. The molecule has 0 aliphatic rings. The highest BCUT2D eigenvalue weighted by Gasteiger charge is 2.18. The summed E-state index contributed by atoms with van der Waals surface area (Å²) in [6.07, 6.45) is 0.0910. The lowest BCUT2D eigenvalue weighted by atomic mass is 10.1. The Labute approximate surface area is 164 Å². The highest BCUT2D eigenvalue weighted by atomic mass is 32.2. The van der Waals surface area contributed by atoms with Crippen LogP contribution in [0.3, 0.4) is 0 Å². The molecule has 0 spiro atoms. The van der Waals surface area contributed by atoms with Crippen LogP contribution in [0.1, 0.15) is 38.8 Å². The SMILES string of the molecule is CCN(CC)S(=O)(=O)CCNC(=NC)NCc1ccc(C)cc1OC(C)C. The van der Waals surface area contributed by atoms with Crippen molar-refractivity contribution in [3.8, 4) is 5.75 Å². The number of aryl methyl sites for hydroxylation is 1. The van der Waals surface area contributed by atoms with Crippen LogP contribution in [0, 0.1) is 6.92 Å². The first-order valence-electron chi connectivity index (χ1n) is 9.42. The Morgan fingerprint density at radius 3 is 2.44 bits per heavy atom. The minimum Gasteiger partial charge on any atom is -0.491 e. The molecular formula is C19H34N4O3S. The zero-order chi connectivity index (χ0) is 20.4. The fraction of sp³-hybridized carbons (Fsp3) is 0.632. The lowest BCUT2D eigenvalue weighted by molar-refractivity contribution is 0.239. The molecule has 1 aromatic carbocycles. The quantitative estimate of drug-likeness (QED) is 0.466. The van der Waals surface area contributed by atoms with Crippen molar-refractivity contribution in [3.05, 3.63) is 29.3 Å². The van der Waals surface area contributed by atoms with Crippen molar-refractivity contribution in [2.24, 2.45) is 4.99 Å². The van der Waals surface area contributed by atoms with Gasteiger partial charge in [-0.05, 0) is 32.4 Å². The van der Waals surface area contributed by atoms with E-state index in [2.05, 4.69) is 15.6 Å². The third-order valence-electron chi connectivity index (χ3n) is 4.01. The summed E-state index contributed by atoms with van der Waals surface area (Å²) in [7, 11) is -1.59. The zero-order valence-corrected chi connectivity index (χ0v) is 18.2. The first kappa shape index (κ1) is 23.2. The molecule has 0 amide bonds. The van der Waals surface area contributed by atoms with Gasteiger partial charge >= 0.3 is 0 Å². The number of rotatable bonds is 10. The Kier molecular flexibility index (Phi) is 9.59. The molecule has 0 atom stereocenters. The van der Waals surface area contributed by atoms with Gasteiger partial charge < -0.3 is 15.4 Å². The molecule has 0 bridgehead atoms. The maximum atomic E-state index is 12.2. The van der Waals surface area contributed by atoms with Gasteiger partial charge in [0.15, 0.2) is 5.96 Å². The Morgan fingerprint density at radius 2 is 1.89 bits per heavy atom. The van der Waals surface area contributed by atoms with E-state index in [1.165, 1.54) is 4.31 Å². The second kappa shape index (κ2) is 11.1. The highest BCUT2D eigenvalue weighted by Crippen LogP contribution is 2.21. The average Bonchev–Trinajstić information content (AvgIpc) is 2.59. The fourth-order valence-corrected chi connectivity index (χ4v) is 4.02. The molecular weight excluding hydrogens is 364 g/mol. The molecule has 0 heterocycles. The lowest BCUT2D eigenvalue weighted by Gasteiger charge is -2.19. The predicted octanol–water partition coefficient (Wildman–Crippen LogP) is 2.12. The van der Waals surface area contributed by atoms with Gasteiger partial charge in [0.25, 0.3) is 0 Å². The number of hydrogen-bond acceptors (Lipinski definition) is 4. The third kappa shape index (κ3) is 7.76. The first-order valence-corrected chi connectivity index (χ1v) is 11.0. The molecule has 0 radical (unpaired) electrons. The van der Waals surface area contributed by atoms with Crippen LogP contribution in [0.15, 0.2) is 23.2 Å². The largest absolute Gasteiger partial charge is 0.491 e. The summed E-state index contributed by atoms with van der Waals surface area (Å²) in [6.45, 7) is 11.5. The maximum absolute atomic E-state index is 12.2. The van der Waals surface area contributed by atoms with Crippen molar-refractivity contribution in [2.75, 3.05) is 32.4 Å². The van der Waals surface area contributed by atoms with E-state index in [0.29, 0.717) is 32.1 Å². The topological polar surface area (TPSA) is 83.0 Å². The van der Waals surface area contributed by atoms with Gasteiger partial charge in [0.05, 0.1) is 11.9 Å². The minimum absolute atomic E-state index is 0.0294. The first-order chi connectivity index (χ1) is 12.7. The molecule has 0 saturated carbocycles. The summed E-state index contributed by atoms with van der Waals surface area (Å²) >= 11 is 0. The van der Waals surface area contributed by atoms with Crippen LogP contribution in [-0.4, -0.2) is 57.2 Å². The molecule has 154 valence electrons. The van der Waals surface area contributed by atoms with Crippen molar-refractivity contribution in [3.63, 3.8) is 0 Å². The number of benzene rings is 1. The smallest absolute Gasteiger partial charge is 0.215 e. The van der Waals surface area contributed by atoms with Crippen LogP contribution in [0.4, 0.5) is 0 Å². The monoisotopic (exact) mass is 398 g/mol. The van der Waals surface area contributed by atoms with Crippen molar-refractivity contribution in [2.45, 2.75) is 47.3 Å². The van der Waals surface area contributed by atoms with E-state index >= 15 is 0 Å². The number of hydrogen-bond donors (Lipinski definition) is 2. The third-order valence-corrected chi connectivity index (χ3v) is 6.03. The molecule has 0 unspecified atom stereocenters. The summed E-state index contributed by atoms with van der Waals surface area (Å²) in [5, 5.41) is 6.28. The molecule has 1 rings (SSSR count). The van der Waals surface area contributed by atoms with Crippen LogP contribution in [0.5, 0.6) is 5.75 Å². The van der Waals surface area contributed by atoms with E-state index in [9.17, 15) is 8.42 Å². The van der Waals surface area contributed by atoms with Gasteiger partial charge in [-0.3, -0.25) is 4.99 Å². The van der Waals surface area contributed by atoms with Crippen molar-refractivity contribution in [1.82, 2.24) is 14.9 Å². The molecule has 0 fully saturated rings. The zero-order valence-electron chi connectivity index (χ0n) is 17.4. The van der Waals surface area contributed by atoms with Gasteiger partial charge in [-0.2, -0.15) is 0 Å². The second-order valence-electron chi connectivity index (χ2n) is 6.53. The van der Waals surface area contributed by atoms with Gasteiger partial charge in [-0.25, -0.2) is 12.7 Å². The van der Waals surface area contributed by atoms with Gasteiger partial charge in [-0.15, -0.1) is 0 Å². The average molecular weight is 399 g/mol. The van der Waals surface area contributed by atoms with E-state index in [-0.39, 0.29) is 11.9 Å². The van der Waals surface area contributed by atoms with Gasteiger partial charge in [0, 0.05) is 38.8 Å². The minimum atomic E-state index is -3.25. The fourth-order valence-electron chi connectivity index (χ4n) is 2.62. The van der Waals surface area contributed by atoms with Crippen molar-refractivity contribution >= 4 is 16.0 Å². The van der Waals surface area contributed by atoms with Crippen LogP contribution in [-0.2, 0) is 16.6 Å². The van der Waals surface area contributed by atoms with Crippen LogP contribution >= 0.6 is 0 Å². The van der Waals surface area contributed by atoms with Gasteiger partial charge in [0.1, 0.15) is 5.75 Å². The van der Waals surface area contributed by atoms with E-state index in [0.717, 1.165) is 16.9 Å². The van der Waals surface area contributed by atoms with Crippen LogP contribution in [0.25, 0.3) is 0 Å². The van der Waals surface area contributed by atoms with Crippen LogP contribution < -0.4 is 15.4 Å². The van der Waals surface area contributed by atoms with Gasteiger partial charge in [0.2, 0.25) is 10.0 Å². The van der Waals surface area contributed by atoms with E-state index < -0.39 is 10.0 Å². The molecule has 1 aromatic rings. The molecule has 27 heavy (non-hydrogen) atoms.